The SMILES string of the molecule is Cc1ccccc1C1=NO[C@H](CN(Cc2ccccc2)C(=O)C2CCC2)C1. The van der Waals surface area contributed by atoms with Crippen molar-refractivity contribution in [2.24, 2.45) is 11.1 Å². The Hall–Kier alpha value is -2.62. The lowest BCUT2D eigenvalue weighted by molar-refractivity contribution is -0.140. The molecule has 0 saturated heterocycles. The van der Waals surface area contributed by atoms with E-state index in [1.54, 1.807) is 0 Å². The Labute approximate surface area is 160 Å². The molecule has 1 aliphatic carbocycles. The molecule has 140 valence electrons. The fourth-order valence-corrected chi connectivity index (χ4v) is 3.78. The first-order chi connectivity index (χ1) is 13.2. The Morgan fingerprint density at radius 1 is 1.11 bits per heavy atom. The van der Waals surface area contributed by atoms with Crippen LogP contribution in [0.1, 0.15) is 42.4 Å². The second-order valence-corrected chi connectivity index (χ2v) is 7.62. The summed E-state index contributed by atoms with van der Waals surface area (Å²) in [5.41, 5.74) is 4.48. The number of nitrogens with zero attached hydrogens (tertiary/aromatic N) is 2. The van der Waals surface area contributed by atoms with E-state index in [1.807, 2.05) is 35.2 Å². The Bertz CT molecular complexity index is 827. The van der Waals surface area contributed by atoms with E-state index in [9.17, 15) is 4.79 Å². The van der Waals surface area contributed by atoms with Crippen molar-refractivity contribution in [3.05, 3.63) is 71.3 Å². The summed E-state index contributed by atoms with van der Waals surface area (Å²) in [6.45, 7) is 3.31. The fourth-order valence-electron chi connectivity index (χ4n) is 3.78. The standard InChI is InChI=1S/C23H26N2O2/c1-17-8-5-6-13-21(17)22-14-20(27-24-22)16-25(23(26)19-11-7-12-19)15-18-9-3-2-4-10-18/h2-6,8-10,13,19-20H,7,11-12,14-16H2,1H3/t20-/m0/s1. The van der Waals surface area contributed by atoms with Crippen LogP contribution in [-0.4, -0.2) is 29.2 Å². The lowest BCUT2D eigenvalue weighted by Crippen LogP contribution is -2.42. The molecule has 2 aromatic rings. The van der Waals surface area contributed by atoms with Gasteiger partial charge in [0.2, 0.25) is 5.91 Å². The van der Waals surface area contributed by atoms with Crippen molar-refractivity contribution < 1.29 is 9.63 Å². The zero-order valence-corrected chi connectivity index (χ0v) is 15.8. The van der Waals surface area contributed by atoms with Gasteiger partial charge in [-0.1, -0.05) is 66.2 Å². The van der Waals surface area contributed by atoms with Crippen molar-refractivity contribution >= 4 is 11.6 Å². The number of aryl methyl sites for hydroxylation is 1. The fraction of sp³-hybridized carbons (Fsp3) is 0.391. The molecule has 0 unspecified atom stereocenters. The van der Waals surface area contributed by atoms with Gasteiger partial charge in [0.1, 0.15) is 0 Å². The molecule has 1 amide bonds. The quantitative estimate of drug-likeness (QED) is 0.768. The van der Waals surface area contributed by atoms with Gasteiger partial charge in [0, 0.05) is 24.4 Å². The monoisotopic (exact) mass is 362 g/mol. The molecule has 2 aromatic carbocycles. The number of hydrogen-bond donors (Lipinski definition) is 0. The van der Waals surface area contributed by atoms with Gasteiger partial charge in [-0.3, -0.25) is 4.79 Å². The second kappa shape index (κ2) is 7.95. The molecule has 4 rings (SSSR count). The average molecular weight is 362 g/mol. The molecular formula is C23H26N2O2. The highest BCUT2D eigenvalue weighted by Gasteiger charge is 2.33. The van der Waals surface area contributed by atoms with Gasteiger partial charge in [-0.2, -0.15) is 0 Å². The molecule has 2 aliphatic rings. The number of rotatable bonds is 6. The third-order valence-electron chi connectivity index (χ3n) is 5.60. The first-order valence-electron chi connectivity index (χ1n) is 9.82. The molecule has 0 N–H and O–H groups in total. The van der Waals surface area contributed by atoms with Crippen LogP contribution in [-0.2, 0) is 16.2 Å². The van der Waals surface area contributed by atoms with Crippen molar-refractivity contribution in [2.75, 3.05) is 6.54 Å². The van der Waals surface area contributed by atoms with E-state index in [1.165, 1.54) is 5.56 Å². The van der Waals surface area contributed by atoms with Crippen molar-refractivity contribution in [2.45, 2.75) is 45.3 Å². The molecule has 0 spiro atoms. The van der Waals surface area contributed by atoms with Crippen LogP contribution in [0, 0.1) is 12.8 Å². The predicted octanol–water partition coefficient (Wildman–Crippen LogP) is 4.32. The molecule has 4 heteroatoms. The van der Waals surface area contributed by atoms with Crippen LogP contribution in [0.4, 0.5) is 0 Å². The lowest BCUT2D eigenvalue weighted by atomic mass is 9.84. The smallest absolute Gasteiger partial charge is 0.226 e. The summed E-state index contributed by atoms with van der Waals surface area (Å²) in [5.74, 6) is 0.449. The topological polar surface area (TPSA) is 41.9 Å². The second-order valence-electron chi connectivity index (χ2n) is 7.62. The van der Waals surface area contributed by atoms with Crippen LogP contribution in [0.15, 0.2) is 59.8 Å². The van der Waals surface area contributed by atoms with Gasteiger partial charge < -0.3 is 9.74 Å². The predicted molar refractivity (Wildman–Crippen MR) is 106 cm³/mol. The molecular weight excluding hydrogens is 336 g/mol. The lowest BCUT2D eigenvalue weighted by Gasteiger charge is -2.32. The molecule has 27 heavy (non-hydrogen) atoms. The highest BCUT2D eigenvalue weighted by molar-refractivity contribution is 6.02. The Kier molecular flexibility index (Phi) is 5.23. The van der Waals surface area contributed by atoms with Crippen LogP contribution in [0.3, 0.4) is 0 Å². The summed E-state index contributed by atoms with van der Waals surface area (Å²) in [7, 11) is 0. The van der Waals surface area contributed by atoms with Crippen LogP contribution in [0.25, 0.3) is 0 Å². The minimum atomic E-state index is -0.0765. The number of oxime groups is 1. The molecule has 1 aliphatic heterocycles. The van der Waals surface area contributed by atoms with Gasteiger partial charge in [-0.05, 0) is 30.9 Å². The number of hydrogen-bond acceptors (Lipinski definition) is 3. The van der Waals surface area contributed by atoms with Crippen molar-refractivity contribution in [3.63, 3.8) is 0 Å². The summed E-state index contributed by atoms with van der Waals surface area (Å²) in [6, 6.07) is 18.4. The zero-order valence-electron chi connectivity index (χ0n) is 15.8. The van der Waals surface area contributed by atoms with E-state index in [4.69, 9.17) is 4.84 Å². The summed E-state index contributed by atoms with van der Waals surface area (Å²) in [4.78, 5) is 20.6. The van der Waals surface area contributed by atoms with Gasteiger partial charge in [0.25, 0.3) is 0 Å². The van der Waals surface area contributed by atoms with Crippen molar-refractivity contribution in [1.29, 1.82) is 0 Å². The van der Waals surface area contributed by atoms with Crippen molar-refractivity contribution in [1.82, 2.24) is 4.90 Å². The molecule has 1 fully saturated rings. The third-order valence-corrected chi connectivity index (χ3v) is 5.60. The van der Waals surface area contributed by atoms with Crippen LogP contribution in [0.5, 0.6) is 0 Å². The molecule has 0 bridgehead atoms. The van der Waals surface area contributed by atoms with Crippen LogP contribution < -0.4 is 0 Å². The first kappa shape index (κ1) is 17.8. The third kappa shape index (κ3) is 4.05. The van der Waals surface area contributed by atoms with E-state index in [-0.39, 0.29) is 17.9 Å². The molecule has 1 saturated carbocycles. The van der Waals surface area contributed by atoms with E-state index in [2.05, 4.69) is 36.3 Å². The largest absolute Gasteiger partial charge is 0.390 e. The summed E-state index contributed by atoms with van der Waals surface area (Å²) in [6.07, 6.45) is 3.86. The maximum absolute atomic E-state index is 13.0. The molecule has 0 radical (unpaired) electrons. The van der Waals surface area contributed by atoms with Gasteiger partial charge in [-0.15, -0.1) is 0 Å². The Morgan fingerprint density at radius 3 is 2.56 bits per heavy atom. The molecule has 1 atom stereocenters. The normalized spacial score (nSPS) is 19.1. The van der Waals surface area contributed by atoms with Gasteiger partial charge in [0.15, 0.2) is 6.10 Å². The minimum Gasteiger partial charge on any atom is -0.390 e. The summed E-state index contributed by atoms with van der Waals surface area (Å²) >= 11 is 0. The first-order valence-corrected chi connectivity index (χ1v) is 9.82. The molecule has 4 nitrogen and oxygen atoms in total. The van der Waals surface area contributed by atoms with Crippen LogP contribution in [0.2, 0.25) is 0 Å². The zero-order chi connectivity index (χ0) is 18.6. The van der Waals surface area contributed by atoms with E-state index in [0.717, 1.165) is 42.5 Å². The van der Waals surface area contributed by atoms with Crippen molar-refractivity contribution in [3.8, 4) is 0 Å². The molecule has 0 aromatic heterocycles. The van der Waals surface area contributed by atoms with E-state index in [0.29, 0.717) is 13.1 Å². The van der Waals surface area contributed by atoms with E-state index >= 15 is 0 Å². The van der Waals surface area contributed by atoms with Crippen LogP contribution >= 0.6 is 0 Å². The summed E-state index contributed by atoms with van der Waals surface area (Å²) < 4.78 is 0. The van der Waals surface area contributed by atoms with E-state index < -0.39 is 0 Å². The number of carbonyl (C=O) groups is 1. The maximum atomic E-state index is 13.0. The Morgan fingerprint density at radius 2 is 1.85 bits per heavy atom. The van der Waals surface area contributed by atoms with Gasteiger partial charge in [-0.25, -0.2) is 0 Å². The average Bonchev–Trinajstić information content (AvgIpc) is 3.09. The van der Waals surface area contributed by atoms with Gasteiger partial charge in [0.05, 0.1) is 12.3 Å². The highest BCUT2D eigenvalue weighted by Crippen LogP contribution is 2.29. The highest BCUT2D eigenvalue weighted by atomic mass is 16.6. The maximum Gasteiger partial charge on any atom is 0.226 e. The minimum absolute atomic E-state index is 0.0765. The Balaban J connectivity index is 1.44. The van der Waals surface area contributed by atoms with Gasteiger partial charge >= 0.3 is 0 Å². The number of carbonyl (C=O) groups excluding carboxylic acids is 1. The number of amides is 1. The summed E-state index contributed by atoms with van der Waals surface area (Å²) in [5, 5.41) is 4.33. The molecule has 1 heterocycles. The number of benzene rings is 2.